The summed E-state index contributed by atoms with van der Waals surface area (Å²) < 4.78 is 1.53. The van der Waals surface area contributed by atoms with Crippen molar-refractivity contribution >= 4 is 5.95 Å². The minimum atomic E-state index is -0.0561. The maximum Gasteiger partial charge on any atom is 0.250 e. The van der Waals surface area contributed by atoms with E-state index in [-0.39, 0.29) is 5.56 Å². The molecule has 2 aromatic rings. The zero-order chi connectivity index (χ0) is 13.9. The first-order valence-electron chi connectivity index (χ1n) is 6.79. The van der Waals surface area contributed by atoms with Crippen molar-refractivity contribution in [3.63, 3.8) is 0 Å². The second-order valence-corrected chi connectivity index (χ2v) is 4.94. The Morgan fingerprint density at radius 3 is 3.05 bits per heavy atom. The van der Waals surface area contributed by atoms with Crippen LogP contribution in [0.15, 0.2) is 23.1 Å². The smallest absolute Gasteiger partial charge is 0.250 e. The monoisotopic (exact) mass is 274 g/mol. The van der Waals surface area contributed by atoms with Crippen molar-refractivity contribution in [2.75, 3.05) is 31.1 Å². The highest BCUT2D eigenvalue weighted by molar-refractivity contribution is 5.55. The molecule has 0 spiro atoms. The van der Waals surface area contributed by atoms with Crippen molar-refractivity contribution < 1.29 is 0 Å². The molecule has 7 nitrogen and oxygen atoms in total. The Morgan fingerprint density at radius 2 is 2.20 bits per heavy atom. The Bertz CT molecular complexity index is 638. The highest BCUT2D eigenvalue weighted by atomic mass is 16.1. The van der Waals surface area contributed by atoms with E-state index in [0.29, 0.717) is 11.8 Å². The van der Waals surface area contributed by atoms with Crippen LogP contribution in [0, 0.1) is 0 Å². The fourth-order valence-electron chi connectivity index (χ4n) is 2.27. The van der Waals surface area contributed by atoms with Crippen LogP contribution >= 0.6 is 0 Å². The molecule has 2 aromatic heterocycles. The second-order valence-electron chi connectivity index (χ2n) is 4.94. The van der Waals surface area contributed by atoms with Crippen LogP contribution in [0.2, 0.25) is 0 Å². The lowest BCUT2D eigenvalue weighted by Crippen LogP contribution is -2.28. The zero-order valence-electron chi connectivity index (χ0n) is 11.5. The summed E-state index contributed by atoms with van der Waals surface area (Å²) in [6.45, 7) is 3.81. The summed E-state index contributed by atoms with van der Waals surface area (Å²) >= 11 is 0. The second kappa shape index (κ2) is 5.46. The minimum absolute atomic E-state index is 0.0561. The van der Waals surface area contributed by atoms with Gasteiger partial charge in [0, 0.05) is 44.5 Å². The lowest BCUT2D eigenvalue weighted by Gasteiger charge is -2.16. The molecule has 3 rings (SSSR count). The van der Waals surface area contributed by atoms with Gasteiger partial charge in [-0.1, -0.05) is 0 Å². The van der Waals surface area contributed by atoms with E-state index in [1.165, 1.54) is 4.57 Å². The molecule has 0 unspecified atom stereocenters. The highest BCUT2D eigenvalue weighted by Crippen LogP contribution is 2.16. The molecule has 20 heavy (non-hydrogen) atoms. The minimum Gasteiger partial charge on any atom is -0.338 e. The molecule has 2 N–H and O–H groups in total. The number of nitrogens with zero attached hydrogens (tertiary/aromatic N) is 4. The first-order valence-corrected chi connectivity index (χ1v) is 6.79. The predicted molar refractivity (Wildman–Crippen MR) is 76.8 cm³/mol. The third kappa shape index (κ3) is 2.57. The van der Waals surface area contributed by atoms with Crippen molar-refractivity contribution in [3.8, 4) is 11.4 Å². The highest BCUT2D eigenvalue weighted by Gasteiger charge is 2.14. The normalized spacial score (nSPS) is 16.1. The summed E-state index contributed by atoms with van der Waals surface area (Å²) in [5.74, 6) is 1.33. The summed E-state index contributed by atoms with van der Waals surface area (Å²) in [5, 5.41) is 10.5. The average molecular weight is 274 g/mol. The molecular formula is C13H18N6O. The SMILES string of the molecule is Cn1ccc(-c2nc(N3CCCNCC3)n[nH]2)cc1=O. The number of rotatable bonds is 2. The zero-order valence-corrected chi connectivity index (χ0v) is 11.5. The molecule has 1 aliphatic heterocycles. The largest absolute Gasteiger partial charge is 0.338 e. The third-order valence-corrected chi connectivity index (χ3v) is 3.47. The number of hydrogen-bond acceptors (Lipinski definition) is 5. The summed E-state index contributed by atoms with van der Waals surface area (Å²) in [7, 11) is 1.72. The molecule has 1 aliphatic rings. The average Bonchev–Trinajstić information content (AvgIpc) is 2.78. The Labute approximate surface area is 116 Å². The van der Waals surface area contributed by atoms with Gasteiger partial charge in [0.05, 0.1) is 0 Å². The van der Waals surface area contributed by atoms with Gasteiger partial charge in [0.25, 0.3) is 5.56 Å². The number of anilines is 1. The standard InChI is InChI=1S/C13H18N6O/c1-18-7-3-10(9-11(18)20)12-15-13(17-16-12)19-6-2-4-14-5-8-19/h3,7,9,14H,2,4-6,8H2,1H3,(H,15,16,17). The van der Waals surface area contributed by atoms with Crippen LogP contribution in [0.1, 0.15) is 6.42 Å². The molecule has 1 saturated heterocycles. The van der Waals surface area contributed by atoms with Crippen molar-refractivity contribution in [1.29, 1.82) is 0 Å². The summed E-state index contributed by atoms with van der Waals surface area (Å²) in [4.78, 5) is 18.3. The van der Waals surface area contributed by atoms with Gasteiger partial charge in [0.15, 0.2) is 5.82 Å². The van der Waals surface area contributed by atoms with Crippen molar-refractivity contribution in [2.45, 2.75) is 6.42 Å². The molecule has 3 heterocycles. The Kier molecular flexibility index (Phi) is 3.51. The lowest BCUT2D eigenvalue weighted by molar-refractivity contribution is 0.724. The summed E-state index contributed by atoms with van der Waals surface area (Å²) in [6, 6.07) is 3.42. The first kappa shape index (κ1) is 12.9. The van der Waals surface area contributed by atoms with Crippen molar-refractivity contribution in [2.24, 2.45) is 7.05 Å². The quantitative estimate of drug-likeness (QED) is 0.804. The van der Waals surface area contributed by atoms with Gasteiger partial charge in [-0.05, 0) is 19.0 Å². The third-order valence-electron chi connectivity index (χ3n) is 3.47. The van der Waals surface area contributed by atoms with E-state index in [9.17, 15) is 4.79 Å². The molecule has 106 valence electrons. The predicted octanol–water partition coefficient (Wildman–Crippen LogP) is -0.0299. The summed E-state index contributed by atoms with van der Waals surface area (Å²) in [6.07, 6.45) is 2.81. The lowest BCUT2D eigenvalue weighted by atomic mass is 10.2. The van der Waals surface area contributed by atoms with Crippen molar-refractivity contribution in [1.82, 2.24) is 25.1 Å². The van der Waals surface area contributed by atoms with Gasteiger partial charge in [0.2, 0.25) is 5.95 Å². The Morgan fingerprint density at radius 1 is 1.30 bits per heavy atom. The van der Waals surface area contributed by atoms with Crippen LogP contribution in [0.4, 0.5) is 5.95 Å². The number of aromatic nitrogens is 4. The molecule has 1 fully saturated rings. The van der Waals surface area contributed by atoms with E-state index < -0.39 is 0 Å². The Balaban J connectivity index is 1.85. The fourth-order valence-corrected chi connectivity index (χ4v) is 2.27. The molecule has 0 amide bonds. The molecule has 0 aliphatic carbocycles. The van der Waals surface area contributed by atoms with E-state index in [2.05, 4.69) is 25.4 Å². The van der Waals surface area contributed by atoms with E-state index in [4.69, 9.17) is 0 Å². The van der Waals surface area contributed by atoms with Crippen LogP contribution in [0.25, 0.3) is 11.4 Å². The molecule has 0 aromatic carbocycles. The number of aromatic amines is 1. The van der Waals surface area contributed by atoms with Crippen molar-refractivity contribution in [3.05, 3.63) is 28.7 Å². The Hall–Kier alpha value is -2.15. The maximum atomic E-state index is 11.6. The van der Waals surface area contributed by atoms with Crippen LogP contribution in [0.5, 0.6) is 0 Å². The van der Waals surface area contributed by atoms with Gasteiger partial charge < -0.3 is 14.8 Å². The van der Waals surface area contributed by atoms with Crippen LogP contribution in [0.3, 0.4) is 0 Å². The topological polar surface area (TPSA) is 78.8 Å². The maximum absolute atomic E-state index is 11.6. The molecule has 7 heteroatoms. The number of aryl methyl sites for hydroxylation is 1. The number of hydrogen-bond donors (Lipinski definition) is 2. The van der Waals surface area contributed by atoms with Gasteiger partial charge >= 0.3 is 0 Å². The van der Waals surface area contributed by atoms with Gasteiger partial charge in [0.1, 0.15) is 0 Å². The van der Waals surface area contributed by atoms with E-state index in [0.717, 1.165) is 38.2 Å². The summed E-state index contributed by atoms with van der Waals surface area (Å²) in [5.41, 5.74) is 0.708. The number of pyridine rings is 1. The van der Waals surface area contributed by atoms with Crippen LogP contribution in [-0.4, -0.2) is 45.9 Å². The van der Waals surface area contributed by atoms with E-state index >= 15 is 0 Å². The van der Waals surface area contributed by atoms with Crippen LogP contribution < -0.4 is 15.8 Å². The molecule has 0 bridgehead atoms. The fraction of sp³-hybridized carbons (Fsp3) is 0.462. The van der Waals surface area contributed by atoms with Gasteiger partial charge in [-0.3, -0.25) is 9.89 Å². The van der Waals surface area contributed by atoms with Gasteiger partial charge in [-0.15, -0.1) is 5.10 Å². The molecule has 0 saturated carbocycles. The first-order chi connectivity index (χ1) is 9.74. The molecular weight excluding hydrogens is 256 g/mol. The van der Waals surface area contributed by atoms with Gasteiger partial charge in [-0.25, -0.2) is 0 Å². The van der Waals surface area contributed by atoms with E-state index in [1.54, 1.807) is 19.3 Å². The number of nitrogens with one attached hydrogen (secondary N) is 2. The van der Waals surface area contributed by atoms with Crippen LogP contribution in [-0.2, 0) is 7.05 Å². The number of H-pyrrole nitrogens is 1. The van der Waals surface area contributed by atoms with E-state index in [1.807, 2.05) is 6.07 Å². The van der Waals surface area contributed by atoms with Gasteiger partial charge in [-0.2, -0.15) is 4.98 Å². The molecule has 0 atom stereocenters. The molecule has 0 radical (unpaired) electrons.